The van der Waals surface area contributed by atoms with Crippen molar-refractivity contribution >= 4 is 11.6 Å². The summed E-state index contributed by atoms with van der Waals surface area (Å²) in [4.78, 5) is 11.5. The number of aromatic nitrogens is 2. The van der Waals surface area contributed by atoms with Crippen LogP contribution in [-0.2, 0) is 4.79 Å². The predicted octanol–water partition coefficient (Wildman–Crippen LogP) is 1.16. The first-order chi connectivity index (χ1) is 8.16. The van der Waals surface area contributed by atoms with Gasteiger partial charge in [-0.3, -0.25) is 4.79 Å². The Morgan fingerprint density at radius 1 is 1.47 bits per heavy atom. The maximum Gasteiger partial charge on any atom is 0.240 e. The van der Waals surface area contributed by atoms with Crippen LogP contribution in [-0.4, -0.2) is 21.7 Å². The molecule has 2 aromatic rings. The van der Waals surface area contributed by atoms with Crippen molar-refractivity contribution in [1.29, 1.82) is 0 Å². The van der Waals surface area contributed by atoms with E-state index in [4.69, 9.17) is 5.73 Å². The van der Waals surface area contributed by atoms with Gasteiger partial charge in [0.2, 0.25) is 5.91 Å². The molecule has 0 saturated carbocycles. The van der Waals surface area contributed by atoms with E-state index < -0.39 is 6.04 Å². The fraction of sp³-hybridized carbons (Fsp3) is 0.167. The van der Waals surface area contributed by atoms with Crippen LogP contribution in [0.1, 0.15) is 6.92 Å². The molecule has 5 nitrogen and oxygen atoms in total. The number of benzene rings is 1. The van der Waals surface area contributed by atoms with Crippen molar-refractivity contribution in [3.8, 4) is 5.69 Å². The maximum absolute atomic E-state index is 11.5. The second kappa shape index (κ2) is 4.80. The Hall–Kier alpha value is -2.14. The molecule has 1 aromatic heterocycles. The first-order valence-corrected chi connectivity index (χ1v) is 5.33. The standard InChI is InChI=1S/C12H14N4O/c1-9(13)12(17)15-10-4-2-5-11(8-10)16-7-3-6-14-16/h2-9H,13H2,1H3,(H,15,17)/t9-/m0/s1. The fourth-order valence-electron chi connectivity index (χ4n) is 1.40. The highest BCUT2D eigenvalue weighted by molar-refractivity contribution is 5.94. The summed E-state index contributed by atoms with van der Waals surface area (Å²) < 4.78 is 1.72. The van der Waals surface area contributed by atoms with Crippen LogP contribution in [0.3, 0.4) is 0 Å². The van der Waals surface area contributed by atoms with Gasteiger partial charge in [0.1, 0.15) is 0 Å². The highest BCUT2D eigenvalue weighted by Crippen LogP contribution is 2.13. The van der Waals surface area contributed by atoms with E-state index in [0.717, 1.165) is 5.69 Å². The lowest BCUT2D eigenvalue weighted by atomic mass is 10.2. The van der Waals surface area contributed by atoms with E-state index in [1.54, 1.807) is 17.8 Å². The molecule has 0 spiro atoms. The zero-order valence-electron chi connectivity index (χ0n) is 9.50. The van der Waals surface area contributed by atoms with Gasteiger partial charge in [0.25, 0.3) is 0 Å². The highest BCUT2D eigenvalue weighted by atomic mass is 16.2. The predicted molar refractivity (Wildman–Crippen MR) is 65.8 cm³/mol. The highest BCUT2D eigenvalue weighted by Gasteiger charge is 2.07. The van der Waals surface area contributed by atoms with Crippen molar-refractivity contribution in [2.75, 3.05) is 5.32 Å². The minimum Gasteiger partial charge on any atom is -0.325 e. The molecule has 0 aliphatic heterocycles. The van der Waals surface area contributed by atoms with Gasteiger partial charge in [-0.1, -0.05) is 6.07 Å². The molecule has 88 valence electrons. The zero-order chi connectivity index (χ0) is 12.3. The topological polar surface area (TPSA) is 72.9 Å². The number of rotatable bonds is 3. The molecule has 0 unspecified atom stereocenters. The Kier molecular flexibility index (Phi) is 3.20. The van der Waals surface area contributed by atoms with Crippen LogP contribution >= 0.6 is 0 Å². The van der Waals surface area contributed by atoms with E-state index >= 15 is 0 Å². The van der Waals surface area contributed by atoms with Crippen LogP contribution < -0.4 is 11.1 Å². The van der Waals surface area contributed by atoms with Crippen molar-refractivity contribution in [3.05, 3.63) is 42.7 Å². The molecule has 1 aromatic carbocycles. The molecule has 0 fully saturated rings. The SMILES string of the molecule is C[C@H](N)C(=O)Nc1cccc(-n2cccn2)c1. The summed E-state index contributed by atoms with van der Waals surface area (Å²) in [7, 11) is 0. The average molecular weight is 230 g/mol. The molecule has 1 amide bonds. The number of nitrogens with one attached hydrogen (secondary N) is 1. The van der Waals surface area contributed by atoms with Gasteiger partial charge in [-0.25, -0.2) is 4.68 Å². The molecular weight excluding hydrogens is 216 g/mol. The molecule has 0 radical (unpaired) electrons. The van der Waals surface area contributed by atoms with Crippen LogP contribution in [0.25, 0.3) is 5.69 Å². The number of amides is 1. The summed E-state index contributed by atoms with van der Waals surface area (Å²) in [6, 6.07) is 8.74. The van der Waals surface area contributed by atoms with Crippen LogP contribution in [0.5, 0.6) is 0 Å². The summed E-state index contributed by atoms with van der Waals surface area (Å²) in [5.41, 5.74) is 7.08. The number of hydrogen-bond acceptors (Lipinski definition) is 3. The van der Waals surface area contributed by atoms with Gasteiger partial charge in [0.05, 0.1) is 11.7 Å². The van der Waals surface area contributed by atoms with Gasteiger partial charge in [-0.15, -0.1) is 0 Å². The van der Waals surface area contributed by atoms with Crippen LogP contribution in [0.15, 0.2) is 42.7 Å². The first-order valence-electron chi connectivity index (χ1n) is 5.33. The third-order valence-corrected chi connectivity index (χ3v) is 2.30. The lowest BCUT2D eigenvalue weighted by Crippen LogP contribution is -2.32. The monoisotopic (exact) mass is 230 g/mol. The Morgan fingerprint density at radius 3 is 2.94 bits per heavy atom. The van der Waals surface area contributed by atoms with Gasteiger partial charge >= 0.3 is 0 Å². The Labute approximate surface area is 99.2 Å². The van der Waals surface area contributed by atoms with Crippen molar-refractivity contribution in [2.45, 2.75) is 13.0 Å². The number of anilines is 1. The average Bonchev–Trinajstić information content (AvgIpc) is 2.82. The van der Waals surface area contributed by atoms with Gasteiger partial charge in [0, 0.05) is 18.1 Å². The molecule has 17 heavy (non-hydrogen) atoms. The number of carbonyl (C=O) groups is 1. The Morgan fingerprint density at radius 2 is 2.29 bits per heavy atom. The molecular formula is C12H14N4O. The van der Waals surface area contributed by atoms with Crippen molar-refractivity contribution in [2.24, 2.45) is 5.73 Å². The van der Waals surface area contributed by atoms with E-state index in [9.17, 15) is 4.79 Å². The minimum atomic E-state index is -0.525. The van der Waals surface area contributed by atoms with Gasteiger partial charge in [0.15, 0.2) is 0 Å². The molecule has 1 heterocycles. The normalized spacial score (nSPS) is 12.1. The minimum absolute atomic E-state index is 0.206. The molecule has 0 bridgehead atoms. The van der Waals surface area contributed by atoms with E-state index in [1.807, 2.05) is 36.5 Å². The van der Waals surface area contributed by atoms with Crippen LogP contribution in [0.2, 0.25) is 0 Å². The molecule has 2 rings (SSSR count). The van der Waals surface area contributed by atoms with Crippen LogP contribution in [0.4, 0.5) is 5.69 Å². The van der Waals surface area contributed by atoms with Crippen molar-refractivity contribution in [1.82, 2.24) is 9.78 Å². The number of hydrogen-bond donors (Lipinski definition) is 2. The largest absolute Gasteiger partial charge is 0.325 e. The summed E-state index contributed by atoms with van der Waals surface area (Å²) in [5.74, 6) is -0.206. The lowest BCUT2D eigenvalue weighted by Gasteiger charge is -2.09. The number of carbonyl (C=O) groups excluding carboxylic acids is 1. The molecule has 5 heteroatoms. The number of nitrogens with zero attached hydrogens (tertiary/aromatic N) is 2. The third-order valence-electron chi connectivity index (χ3n) is 2.30. The molecule has 0 saturated heterocycles. The van der Waals surface area contributed by atoms with Gasteiger partial charge < -0.3 is 11.1 Å². The van der Waals surface area contributed by atoms with E-state index in [0.29, 0.717) is 5.69 Å². The first kappa shape index (κ1) is 11.3. The van der Waals surface area contributed by atoms with Crippen LogP contribution in [0, 0.1) is 0 Å². The van der Waals surface area contributed by atoms with Gasteiger partial charge in [-0.05, 0) is 31.2 Å². The Bertz CT molecular complexity index is 505. The quantitative estimate of drug-likeness (QED) is 0.831. The third kappa shape index (κ3) is 2.70. The Balaban J connectivity index is 2.20. The van der Waals surface area contributed by atoms with Crippen molar-refractivity contribution in [3.63, 3.8) is 0 Å². The number of nitrogens with two attached hydrogens (primary N) is 1. The smallest absolute Gasteiger partial charge is 0.240 e. The van der Waals surface area contributed by atoms with Gasteiger partial charge in [-0.2, -0.15) is 5.10 Å². The summed E-state index contributed by atoms with van der Waals surface area (Å²) in [6.07, 6.45) is 3.54. The molecule has 3 N–H and O–H groups in total. The van der Waals surface area contributed by atoms with E-state index in [2.05, 4.69) is 10.4 Å². The molecule has 1 atom stereocenters. The maximum atomic E-state index is 11.5. The fourth-order valence-corrected chi connectivity index (χ4v) is 1.40. The molecule has 0 aliphatic carbocycles. The van der Waals surface area contributed by atoms with Crippen molar-refractivity contribution < 1.29 is 4.79 Å². The summed E-state index contributed by atoms with van der Waals surface area (Å²) in [5, 5.41) is 6.86. The molecule has 0 aliphatic rings. The second-order valence-electron chi connectivity index (χ2n) is 3.78. The van der Waals surface area contributed by atoms with E-state index in [-0.39, 0.29) is 5.91 Å². The van der Waals surface area contributed by atoms with E-state index in [1.165, 1.54) is 0 Å². The second-order valence-corrected chi connectivity index (χ2v) is 3.78. The zero-order valence-corrected chi connectivity index (χ0v) is 9.50. The summed E-state index contributed by atoms with van der Waals surface area (Å²) in [6.45, 7) is 1.65. The summed E-state index contributed by atoms with van der Waals surface area (Å²) >= 11 is 0. The lowest BCUT2D eigenvalue weighted by molar-refractivity contribution is -0.117.